The second kappa shape index (κ2) is 7.04. The molecule has 0 radical (unpaired) electrons. The number of aliphatic imine (C=N–C) groups is 1. The Hall–Kier alpha value is -1.51. The summed E-state index contributed by atoms with van der Waals surface area (Å²) in [6.45, 7) is 3.75. The van der Waals surface area contributed by atoms with Gasteiger partial charge >= 0.3 is 0 Å². The molecule has 0 unspecified atom stereocenters. The molecule has 1 aromatic carbocycles. The van der Waals surface area contributed by atoms with Crippen LogP contribution < -0.4 is 10.6 Å². The van der Waals surface area contributed by atoms with Gasteiger partial charge in [0.25, 0.3) is 0 Å². The lowest BCUT2D eigenvalue weighted by Crippen LogP contribution is -2.42. The molecule has 0 saturated heterocycles. The van der Waals surface area contributed by atoms with Crippen molar-refractivity contribution in [1.82, 2.24) is 10.6 Å². The summed E-state index contributed by atoms with van der Waals surface area (Å²) in [6.07, 6.45) is 5.23. The molecule has 2 rings (SSSR count). The van der Waals surface area contributed by atoms with Gasteiger partial charge in [-0.3, -0.25) is 0 Å². The predicted molar refractivity (Wildman–Crippen MR) is 76.6 cm³/mol. The van der Waals surface area contributed by atoms with Crippen molar-refractivity contribution in [2.75, 3.05) is 6.54 Å². The number of guanidine groups is 1. The van der Waals surface area contributed by atoms with E-state index < -0.39 is 0 Å². The van der Waals surface area contributed by atoms with Gasteiger partial charge in [-0.15, -0.1) is 0 Å². The molecule has 0 heterocycles. The number of nitrogens with zero attached hydrogens (tertiary/aromatic N) is 1. The zero-order valence-corrected chi connectivity index (χ0v) is 11.2. The Kier molecular flexibility index (Phi) is 5.06. The maximum Gasteiger partial charge on any atom is 0.191 e. The SMILES string of the molecule is CCNC(=NCc1ccccc1)NC1CCCC1. The molecule has 0 spiro atoms. The highest BCUT2D eigenvalue weighted by Crippen LogP contribution is 2.17. The van der Waals surface area contributed by atoms with Gasteiger partial charge in [-0.25, -0.2) is 4.99 Å². The molecule has 1 fully saturated rings. The lowest BCUT2D eigenvalue weighted by atomic mass is 10.2. The van der Waals surface area contributed by atoms with Gasteiger partial charge in [0.05, 0.1) is 6.54 Å². The zero-order valence-electron chi connectivity index (χ0n) is 11.2. The van der Waals surface area contributed by atoms with Crippen molar-refractivity contribution in [3.05, 3.63) is 35.9 Å². The topological polar surface area (TPSA) is 36.4 Å². The third kappa shape index (κ3) is 4.06. The van der Waals surface area contributed by atoms with Crippen LogP contribution in [-0.4, -0.2) is 18.5 Å². The lowest BCUT2D eigenvalue weighted by molar-refractivity contribution is 0.614. The summed E-state index contributed by atoms with van der Waals surface area (Å²) in [7, 11) is 0. The van der Waals surface area contributed by atoms with Crippen molar-refractivity contribution in [3.8, 4) is 0 Å². The first-order valence-electron chi connectivity index (χ1n) is 6.97. The minimum Gasteiger partial charge on any atom is -0.357 e. The molecule has 1 saturated carbocycles. The maximum absolute atomic E-state index is 4.64. The van der Waals surface area contributed by atoms with Crippen LogP contribution in [0.4, 0.5) is 0 Å². The minimum atomic E-state index is 0.610. The highest BCUT2D eigenvalue weighted by Gasteiger charge is 2.15. The van der Waals surface area contributed by atoms with Gasteiger partial charge in [-0.05, 0) is 25.3 Å². The van der Waals surface area contributed by atoms with Gasteiger partial charge in [-0.1, -0.05) is 43.2 Å². The van der Waals surface area contributed by atoms with E-state index in [0.717, 1.165) is 19.0 Å². The Morgan fingerprint density at radius 3 is 2.61 bits per heavy atom. The van der Waals surface area contributed by atoms with E-state index in [1.807, 2.05) is 6.07 Å². The van der Waals surface area contributed by atoms with E-state index in [1.54, 1.807) is 0 Å². The predicted octanol–water partition coefficient (Wildman–Crippen LogP) is 2.68. The number of rotatable bonds is 4. The highest BCUT2D eigenvalue weighted by atomic mass is 15.2. The van der Waals surface area contributed by atoms with E-state index in [2.05, 4.69) is 46.8 Å². The van der Waals surface area contributed by atoms with Crippen molar-refractivity contribution in [2.45, 2.75) is 45.2 Å². The molecule has 1 aliphatic rings. The molecule has 98 valence electrons. The molecule has 0 amide bonds. The molecule has 0 bridgehead atoms. The summed E-state index contributed by atoms with van der Waals surface area (Å²) in [5.41, 5.74) is 1.25. The highest BCUT2D eigenvalue weighted by molar-refractivity contribution is 5.80. The van der Waals surface area contributed by atoms with Crippen LogP contribution in [0.1, 0.15) is 38.2 Å². The fraction of sp³-hybridized carbons (Fsp3) is 0.533. The average molecular weight is 245 g/mol. The molecule has 0 atom stereocenters. The van der Waals surface area contributed by atoms with Crippen molar-refractivity contribution < 1.29 is 0 Å². The fourth-order valence-electron chi connectivity index (χ4n) is 2.34. The van der Waals surface area contributed by atoms with Crippen LogP contribution in [0.25, 0.3) is 0 Å². The van der Waals surface area contributed by atoms with Crippen LogP contribution in [-0.2, 0) is 6.54 Å². The smallest absolute Gasteiger partial charge is 0.191 e. The third-order valence-electron chi connectivity index (χ3n) is 3.30. The monoisotopic (exact) mass is 245 g/mol. The molecule has 0 aromatic heterocycles. The lowest BCUT2D eigenvalue weighted by Gasteiger charge is -2.16. The summed E-state index contributed by atoms with van der Waals surface area (Å²) >= 11 is 0. The average Bonchev–Trinajstić information content (AvgIpc) is 2.90. The van der Waals surface area contributed by atoms with E-state index >= 15 is 0 Å². The second-order valence-corrected chi connectivity index (χ2v) is 4.81. The van der Waals surface area contributed by atoms with Gasteiger partial charge in [0, 0.05) is 12.6 Å². The molecule has 1 aromatic rings. The van der Waals surface area contributed by atoms with Crippen molar-refractivity contribution in [2.24, 2.45) is 4.99 Å². The van der Waals surface area contributed by atoms with Crippen molar-refractivity contribution >= 4 is 5.96 Å². The summed E-state index contributed by atoms with van der Waals surface area (Å²) in [4.78, 5) is 4.64. The normalized spacial score (nSPS) is 16.8. The maximum atomic E-state index is 4.64. The quantitative estimate of drug-likeness (QED) is 0.632. The fourth-order valence-corrected chi connectivity index (χ4v) is 2.34. The number of hydrogen-bond donors (Lipinski definition) is 2. The van der Waals surface area contributed by atoms with Gasteiger partial charge < -0.3 is 10.6 Å². The second-order valence-electron chi connectivity index (χ2n) is 4.81. The van der Waals surface area contributed by atoms with Crippen molar-refractivity contribution in [3.63, 3.8) is 0 Å². The molecule has 3 heteroatoms. The molecular weight excluding hydrogens is 222 g/mol. The standard InChI is InChI=1S/C15H23N3/c1-2-16-15(18-14-10-6-7-11-14)17-12-13-8-4-3-5-9-13/h3-5,8-9,14H,2,6-7,10-12H2,1H3,(H2,16,17,18). The first-order valence-corrected chi connectivity index (χ1v) is 6.97. The van der Waals surface area contributed by atoms with Gasteiger partial charge in [0.1, 0.15) is 0 Å². The van der Waals surface area contributed by atoms with E-state index in [-0.39, 0.29) is 0 Å². The summed E-state index contributed by atoms with van der Waals surface area (Å²) in [5, 5.41) is 6.84. The summed E-state index contributed by atoms with van der Waals surface area (Å²) < 4.78 is 0. The molecule has 3 nitrogen and oxygen atoms in total. The number of nitrogens with one attached hydrogen (secondary N) is 2. The number of benzene rings is 1. The Morgan fingerprint density at radius 1 is 1.22 bits per heavy atom. The molecule has 0 aliphatic heterocycles. The van der Waals surface area contributed by atoms with Crippen LogP contribution >= 0.6 is 0 Å². The summed E-state index contributed by atoms with van der Waals surface area (Å²) in [6, 6.07) is 11.0. The first-order chi connectivity index (χ1) is 8.88. The van der Waals surface area contributed by atoms with Gasteiger partial charge in [0.2, 0.25) is 0 Å². The largest absolute Gasteiger partial charge is 0.357 e. The zero-order chi connectivity index (χ0) is 12.6. The van der Waals surface area contributed by atoms with Crippen LogP contribution in [0.2, 0.25) is 0 Å². The first kappa shape index (κ1) is 12.9. The molecule has 2 N–H and O–H groups in total. The van der Waals surface area contributed by atoms with E-state index in [9.17, 15) is 0 Å². The number of hydrogen-bond acceptors (Lipinski definition) is 1. The van der Waals surface area contributed by atoms with Crippen LogP contribution in [0, 0.1) is 0 Å². The third-order valence-corrected chi connectivity index (χ3v) is 3.30. The Labute approximate surface area is 110 Å². The van der Waals surface area contributed by atoms with Gasteiger partial charge in [-0.2, -0.15) is 0 Å². The van der Waals surface area contributed by atoms with Crippen LogP contribution in [0.5, 0.6) is 0 Å². The Balaban J connectivity index is 1.91. The van der Waals surface area contributed by atoms with E-state index in [0.29, 0.717) is 6.04 Å². The van der Waals surface area contributed by atoms with Gasteiger partial charge in [0.15, 0.2) is 5.96 Å². The van der Waals surface area contributed by atoms with Crippen LogP contribution in [0.15, 0.2) is 35.3 Å². The van der Waals surface area contributed by atoms with E-state index in [1.165, 1.54) is 31.2 Å². The molecule has 1 aliphatic carbocycles. The Morgan fingerprint density at radius 2 is 1.94 bits per heavy atom. The molecular formula is C15H23N3. The summed E-state index contributed by atoms with van der Waals surface area (Å²) in [5.74, 6) is 0.952. The minimum absolute atomic E-state index is 0.610. The molecule has 18 heavy (non-hydrogen) atoms. The van der Waals surface area contributed by atoms with Crippen molar-refractivity contribution in [1.29, 1.82) is 0 Å². The van der Waals surface area contributed by atoms with Crippen LogP contribution in [0.3, 0.4) is 0 Å². The Bertz CT molecular complexity index is 367. The van der Waals surface area contributed by atoms with E-state index in [4.69, 9.17) is 0 Å².